The van der Waals surface area contributed by atoms with Crippen LogP contribution in [0.4, 0.5) is 24.5 Å². The Morgan fingerprint density at radius 1 is 1.00 bits per heavy atom. The Morgan fingerprint density at radius 2 is 1.74 bits per heavy atom. The van der Waals surface area contributed by atoms with E-state index in [0.29, 0.717) is 0 Å². The summed E-state index contributed by atoms with van der Waals surface area (Å²) in [6.45, 7) is 0. The SMILES string of the molecule is Nc1cc(F)cc(C(=O)Nc2cc(F)ccc2F)c1. The van der Waals surface area contributed by atoms with Crippen LogP contribution in [0.3, 0.4) is 0 Å². The van der Waals surface area contributed by atoms with Gasteiger partial charge in [-0.25, -0.2) is 13.2 Å². The maximum atomic E-state index is 13.3. The second-order valence-electron chi connectivity index (χ2n) is 3.85. The molecule has 0 aliphatic rings. The topological polar surface area (TPSA) is 55.1 Å². The summed E-state index contributed by atoms with van der Waals surface area (Å²) in [5.74, 6) is -2.96. The quantitative estimate of drug-likeness (QED) is 0.821. The van der Waals surface area contributed by atoms with Gasteiger partial charge >= 0.3 is 0 Å². The highest BCUT2D eigenvalue weighted by molar-refractivity contribution is 6.04. The molecule has 1 amide bonds. The number of nitrogens with two attached hydrogens (primary N) is 1. The summed E-state index contributed by atoms with van der Waals surface area (Å²) in [6.07, 6.45) is 0. The molecular weight excluding hydrogens is 257 g/mol. The van der Waals surface area contributed by atoms with Crippen LogP contribution in [0.5, 0.6) is 0 Å². The van der Waals surface area contributed by atoms with E-state index in [1.165, 1.54) is 6.07 Å². The summed E-state index contributed by atoms with van der Waals surface area (Å²) in [7, 11) is 0. The minimum absolute atomic E-state index is 0.0601. The lowest BCUT2D eigenvalue weighted by Crippen LogP contribution is -2.14. The molecule has 0 unspecified atom stereocenters. The number of nitrogens with one attached hydrogen (secondary N) is 1. The van der Waals surface area contributed by atoms with Gasteiger partial charge in [0.2, 0.25) is 0 Å². The van der Waals surface area contributed by atoms with E-state index < -0.39 is 23.4 Å². The van der Waals surface area contributed by atoms with Crippen LogP contribution < -0.4 is 11.1 Å². The molecule has 0 aromatic heterocycles. The molecule has 2 aromatic rings. The Labute approximate surface area is 106 Å². The zero-order valence-corrected chi connectivity index (χ0v) is 9.58. The van der Waals surface area contributed by atoms with Gasteiger partial charge in [0.05, 0.1) is 5.69 Å². The molecule has 0 fully saturated rings. The molecule has 0 spiro atoms. The van der Waals surface area contributed by atoms with Crippen molar-refractivity contribution in [2.24, 2.45) is 0 Å². The third-order valence-corrected chi connectivity index (χ3v) is 2.36. The van der Waals surface area contributed by atoms with Gasteiger partial charge < -0.3 is 11.1 Å². The normalized spacial score (nSPS) is 10.3. The second kappa shape index (κ2) is 5.01. The Kier molecular flexibility index (Phi) is 3.41. The predicted octanol–water partition coefficient (Wildman–Crippen LogP) is 2.94. The summed E-state index contributed by atoms with van der Waals surface area (Å²) >= 11 is 0. The van der Waals surface area contributed by atoms with Gasteiger partial charge in [0.15, 0.2) is 0 Å². The minimum Gasteiger partial charge on any atom is -0.399 e. The molecule has 3 N–H and O–H groups in total. The smallest absolute Gasteiger partial charge is 0.255 e. The number of carbonyl (C=O) groups is 1. The molecule has 19 heavy (non-hydrogen) atoms. The summed E-state index contributed by atoms with van der Waals surface area (Å²) < 4.78 is 39.3. The van der Waals surface area contributed by atoms with Crippen LogP contribution in [0.25, 0.3) is 0 Å². The number of anilines is 2. The fraction of sp³-hybridized carbons (Fsp3) is 0. The number of nitrogen functional groups attached to an aromatic ring is 1. The van der Waals surface area contributed by atoms with E-state index in [1.807, 2.05) is 0 Å². The standard InChI is InChI=1S/C13H9F3N2O/c14-8-1-2-11(16)12(6-8)18-13(19)7-3-9(15)5-10(17)4-7/h1-6H,17H2,(H,18,19). The molecule has 2 aromatic carbocycles. The van der Waals surface area contributed by atoms with E-state index in [1.54, 1.807) is 0 Å². The maximum Gasteiger partial charge on any atom is 0.255 e. The Morgan fingerprint density at radius 3 is 2.42 bits per heavy atom. The van der Waals surface area contributed by atoms with Gasteiger partial charge in [-0.05, 0) is 30.3 Å². The summed E-state index contributed by atoms with van der Waals surface area (Å²) in [4.78, 5) is 11.8. The largest absolute Gasteiger partial charge is 0.399 e. The fourth-order valence-electron chi connectivity index (χ4n) is 1.53. The van der Waals surface area contributed by atoms with Gasteiger partial charge in [0.25, 0.3) is 5.91 Å². The molecule has 3 nitrogen and oxygen atoms in total. The van der Waals surface area contributed by atoms with Crippen LogP contribution >= 0.6 is 0 Å². The van der Waals surface area contributed by atoms with E-state index >= 15 is 0 Å². The zero-order chi connectivity index (χ0) is 14.0. The zero-order valence-electron chi connectivity index (χ0n) is 9.58. The number of hydrogen-bond donors (Lipinski definition) is 2. The van der Waals surface area contributed by atoms with Gasteiger partial charge in [-0.2, -0.15) is 0 Å². The first-order valence-electron chi connectivity index (χ1n) is 5.28. The van der Waals surface area contributed by atoms with Crippen LogP contribution in [-0.2, 0) is 0 Å². The average molecular weight is 266 g/mol. The summed E-state index contributed by atoms with van der Waals surface area (Å²) in [5.41, 5.74) is 5.04. The Bertz CT molecular complexity index is 624. The van der Waals surface area contributed by atoms with Crippen molar-refractivity contribution >= 4 is 17.3 Å². The van der Waals surface area contributed by atoms with E-state index in [-0.39, 0.29) is 16.9 Å². The van der Waals surface area contributed by atoms with Crippen LogP contribution in [0.15, 0.2) is 36.4 Å². The predicted molar refractivity (Wildman–Crippen MR) is 65.1 cm³/mol. The summed E-state index contributed by atoms with van der Waals surface area (Å²) in [6, 6.07) is 5.85. The Hall–Kier alpha value is -2.50. The lowest BCUT2D eigenvalue weighted by atomic mass is 10.1. The van der Waals surface area contributed by atoms with Crippen molar-refractivity contribution in [3.63, 3.8) is 0 Å². The van der Waals surface area contributed by atoms with Crippen molar-refractivity contribution < 1.29 is 18.0 Å². The van der Waals surface area contributed by atoms with E-state index in [4.69, 9.17) is 5.73 Å². The van der Waals surface area contributed by atoms with E-state index in [0.717, 1.165) is 30.3 Å². The molecule has 98 valence electrons. The van der Waals surface area contributed by atoms with Gasteiger partial charge in [0, 0.05) is 17.3 Å². The summed E-state index contributed by atoms with van der Waals surface area (Å²) in [5, 5.41) is 2.15. The fourth-order valence-corrected chi connectivity index (χ4v) is 1.53. The van der Waals surface area contributed by atoms with Crippen molar-refractivity contribution in [3.05, 3.63) is 59.4 Å². The highest BCUT2D eigenvalue weighted by Gasteiger charge is 2.11. The average Bonchev–Trinajstić information content (AvgIpc) is 2.32. The molecule has 0 bridgehead atoms. The molecule has 0 saturated heterocycles. The molecule has 0 saturated carbocycles. The molecule has 0 atom stereocenters. The highest BCUT2D eigenvalue weighted by Crippen LogP contribution is 2.17. The number of hydrogen-bond acceptors (Lipinski definition) is 2. The van der Waals surface area contributed by atoms with Crippen LogP contribution in [0, 0.1) is 17.5 Å². The molecule has 0 aliphatic carbocycles. The van der Waals surface area contributed by atoms with Crippen LogP contribution in [-0.4, -0.2) is 5.91 Å². The first-order valence-corrected chi connectivity index (χ1v) is 5.28. The highest BCUT2D eigenvalue weighted by atomic mass is 19.1. The minimum atomic E-state index is -0.792. The number of halogens is 3. The molecule has 0 heterocycles. The first-order chi connectivity index (χ1) is 8.95. The molecule has 0 radical (unpaired) electrons. The number of rotatable bonds is 2. The monoisotopic (exact) mass is 266 g/mol. The van der Waals surface area contributed by atoms with Gasteiger partial charge in [-0.3, -0.25) is 4.79 Å². The van der Waals surface area contributed by atoms with Crippen molar-refractivity contribution in [1.82, 2.24) is 0 Å². The van der Waals surface area contributed by atoms with Gasteiger partial charge in [-0.1, -0.05) is 0 Å². The Balaban J connectivity index is 2.28. The maximum absolute atomic E-state index is 13.3. The molecule has 6 heteroatoms. The van der Waals surface area contributed by atoms with Gasteiger partial charge in [-0.15, -0.1) is 0 Å². The molecular formula is C13H9F3N2O. The van der Waals surface area contributed by atoms with Crippen molar-refractivity contribution in [3.8, 4) is 0 Å². The van der Waals surface area contributed by atoms with Crippen molar-refractivity contribution in [2.45, 2.75) is 0 Å². The molecule has 2 rings (SSSR count). The van der Waals surface area contributed by atoms with Crippen LogP contribution in [0.1, 0.15) is 10.4 Å². The first kappa shape index (κ1) is 12.9. The number of amides is 1. The number of carbonyl (C=O) groups excluding carboxylic acids is 1. The third kappa shape index (κ3) is 3.04. The molecule has 0 aliphatic heterocycles. The lowest BCUT2D eigenvalue weighted by Gasteiger charge is -2.07. The second-order valence-corrected chi connectivity index (χ2v) is 3.85. The number of benzene rings is 2. The van der Waals surface area contributed by atoms with Gasteiger partial charge in [0.1, 0.15) is 17.5 Å². The lowest BCUT2D eigenvalue weighted by molar-refractivity contribution is 0.102. The third-order valence-electron chi connectivity index (χ3n) is 2.36. The van der Waals surface area contributed by atoms with E-state index in [2.05, 4.69) is 5.32 Å². The van der Waals surface area contributed by atoms with E-state index in [9.17, 15) is 18.0 Å². The van der Waals surface area contributed by atoms with Crippen LogP contribution in [0.2, 0.25) is 0 Å². The van der Waals surface area contributed by atoms with Crippen molar-refractivity contribution in [2.75, 3.05) is 11.1 Å². The van der Waals surface area contributed by atoms with Crippen molar-refractivity contribution in [1.29, 1.82) is 0 Å².